The van der Waals surface area contributed by atoms with E-state index in [0.29, 0.717) is 35.1 Å². The van der Waals surface area contributed by atoms with Gasteiger partial charge in [0.25, 0.3) is 0 Å². The summed E-state index contributed by atoms with van der Waals surface area (Å²) in [4.78, 5) is 12.4. The second kappa shape index (κ2) is 6.97. The van der Waals surface area contributed by atoms with Gasteiger partial charge in [-0.05, 0) is 78.8 Å². The zero-order valence-electron chi connectivity index (χ0n) is 19.3. The number of Topliss-reactive ketones (excluding diaryl/α,β-unsaturated/α-hetero) is 1. The van der Waals surface area contributed by atoms with Crippen molar-refractivity contribution in [1.29, 1.82) is 0 Å². The number of hydrogen-bond donors (Lipinski definition) is 0. The van der Waals surface area contributed by atoms with Gasteiger partial charge in [-0.2, -0.15) is 0 Å². The van der Waals surface area contributed by atoms with Gasteiger partial charge < -0.3 is 4.43 Å². The third-order valence-corrected chi connectivity index (χ3v) is 14.0. The molecule has 0 aromatic heterocycles. The average molecular weight is 393 g/mol. The van der Waals surface area contributed by atoms with E-state index in [2.05, 4.69) is 54.6 Å². The molecule has 0 heterocycles. The Morgan fingerprint density at radius 3 is 2.33 bits per heavy atom. The lowest BCUT2D eigenvalue weighted by molar-refractivity contribution is -0.148. The molecule has 0 bridgehead atoms. The van der Waals surface area contributed by atoms with Crippen LogP contribution in [0.2, 0.25) is 18.1 Å². The minimum absolute atomic E-state index is 0.265. The normalized spacial score (nSPS) is 43.6. The van der Waals surface area contributed by atoms with E-state index in [1.165, 1.54) is 32.1 Å². The van der Waals surface area contributed by atoms with E-state index in [9.17, 15) is 4.79 Å². The van der Waals surface area contributed by atoms with Crippen LogP contribution in [0.3, 0.4) is 0 Å². The largest absolute Gasteiger partial charge is 0.413 e. The van der Waals surface area contributed by atoms with Crippen LogP contribution in [0.5, 0.6) is 0 Å². The van der Waals surface area contributed by atoms with E-state index in [1.807, 2.05) is 0 Å². The third kappa shape index (κ3) is 3.61. The molecule has 27 heavy (non-hydrogen) atoms. The summed E-state index contributed by atoms with van der Waals surface area (Å²) in [5.74, 6) is 2.48. The molecule has 156 valence electrons. The van der Waals surface area contributed by atoms with Gasteiger partial charge in [0.05, 0.1) is 6.10 Å². The molecule has 0 spiro atoms. The molecule has 6 atom stereocenters. The fourth-order valence-electron chi connectivity index (χ4n) is 6.90. The quantitative estimate of drug-likeness (QED) is 0.473. The van der Waals surface area contributed by atoms with Crippen molar-refractivity contribution in [3.05, 3.63) is 0 Å². The van der Waals surface area contributed by atoms with E-state index in [4.69, 9.17) is 4.43 Å². The maximum atomic E-state index is 12.4. The van der Waals surface area contributed by atoms with Gasteiger partial charge in [-0.25, -0.2) is 0 Å². The molecule has 3 heteroatoms. The summed E-state index contributed by atoms with van der Waals surface area (Å²) in [6, 6.07) is 0. The van der Waals surface area contributed by atoms with Gasteiger partial charge in [0.2, 0.25) is 0 Å². The predicted molar refractivity (Wildman–Crippen MR) is 116 cm³/mol. The summed E-state index contributed by atoms with van der Waals surface area (Å²) in [5.41, 5.74) is 0.597. The first-order valence-corrected chi connectivity index (χ1v) is 14.4. The van der Waals surface area contributed by atoms with Crippen molar-refractivity contribution in [3.8, 4) is 0 Å². The van der Waals surface area contributed by atoms with Crippen molar-refractivity contribution in [3.63, 3.8) is 0 Å². The summed E-state index contributed by atoms with van der Waals surface area (Å²) in [6.45, 7) is 19.4. The monoisotopic (exact) mass is 392 g/mol. The fourth-order valence-corrected chi connectivity index (χ4v) is 8.35. The van der Waals surface area contributed by atoms with Gasteiger partial charge in [-0.15, -0.1) is 0 Å². The van der Waals surface area contributed by atoms with Gasteiger partial charge in [0.15, 0.2) is 8.32 Å². The van der Waals surface area contributed by atoms with Crippen LogP contribution in [-0.4, -0.2) is 20.2 Å². The molecule has 0 radical (unpaired) electrons. The van der Waals surface area contributed by atoms with E-state index >= 15 is 0 Å². The van der Waals surface area contributed by atoms with E-state index in [1.54, 1.807) is 0 Å². The molecule has 0 saturated heterocycles. The summed E-state index contributed by atoms with van der Waals surface area (Å²) < 4.78 is 7.09. The Bertz CT molecular complexity index is 577. The van der Waals surface area contributed by atoms with Crippen LogP contribution in [0, 0.1) is 28.6 Å². The van der Waals surface area contributed by atoms with Crippen molar-refractivity contribution in [2.24, 2.45) is 28.6 Å². The van der Waals surface area contributed by atoms with Gasteiger partial charge in [-0.1, -0.05) is 48.0 Å². The zero-order valence-corrected chi connectivity index (χ0v) is 20.3. The molecule has 0 amide bonds. The Morgan fingerprint density at radius 2 is 1.70 bits per heavy atom. The molecule has 3 aliphatic rings. The molecule has 0 N–H and O–H groups in total. The Hall–Kier alpha value is -0.153. The first-order valence-electron chi connectivity index (χ1n) is 11.5. The zero-order chi connectivity index (χ0) is 20.3. The molecule has 2 nitrogen and oxygen atoms in total. The number of ketones is 1. The highest BCUT2D eigenvalue weighted by Crippen LogP contribution is 2.64. The van der Waals surface area contributed by atoms with Crippen LogP contribution in [0.15, 0.2) is 0 Å². The molecule has 3 saturated carbocycles. The summed E-state index contributed by atoms with van der Waals surface area (Å²) in [6.07, 6.45) is 9.56. The number of carbonyl (C=O) groups is 1. The lowest BCUT2D eigenvalue weighted by atomic mass is 9.45. The molecule has 0 unspecified atom stereocenters. The first-order chi connectivity index (χ1) is 12.3. The summed E-state index contributed by atoms with van der Waals surface area (Å²) in [5, 5.41) is 0.265. The average Bonchev–Trinajstić information content (AvgIpc) is 2.64. The standard InChI is InChI=1S/C24H44O2Si/c1-17-16-18(25)12-14-23(5)19(17)13-15-24(6)20(23)10-9-11-21(24)26-27(7,8)22(2,3)4/h17,19-21H,9-16H2,1-8H3/t17-,19-,20+,21+,23-,24+/m0/s1. The van der Waals surface area contributed by atoms with Crippen molar-refractivity contribution in [2.45, 2.75) is 117 Å². The highest BCUT2D eigenvalue weighted by molar-refractivity contribution is 6.74. The lowest BCUT2D eigenvalue weighted by Crippen LogP contribution is -2.59. The lowest BCUT2D eigenvalue weighted by Gasteiger charge is -2.62. The highest BCUT2D eigenvalue weighted by atomic mass is 28.4. The Morgan fingerprint density at radius 1 is 1.04 bits per heavy atom. The van der Waals surface area contributed by atoms with Crippen molar-refractivity contribution in [2.75, 3.05) is 0 Å². The molecular weight excluding hydrogens is 348 g/mol. The summed E-state index contributed by atoms with van der Waals surface area (Å²) in [7, 11) is -1.77. The number of hydrogen-bond acceptors (Lipinski definition) is 2. The minimum Gasteiger partial charge on any atom is -0.413 e. The number of rotatable bonds is 2. The molecule has 3 rings (SSSR count). The van der Waals surface area contributed by atoms with E-state index in [0.717, 1.165) is 19.3 Å². The molecule has 3 fully saturated rings. The molecule has 0 aromatic rings. The van der Waals surface area contributed by atoms with Crippen molar-refractivity contribution < 1.29 is 9.22 Å². The maximum absolute atomic E-state index is 12.4. The Balaban J connectivity index is 1.91. The smallest absolute Gasteiger partial charge is 0.192 e. The Kier molecular flexibility index (Phi) is 5.56. The second-order valence-electron chi connectivity index (χ2n) is 12.2. The second-order valence-corrected chi connectivity index (χ2v) is 17.0. The SMILES string of the molecule is C[C@H]1CC(=O)CC[C@]2(C)[C@H]3CCC[C@@H](O[Si](C)(C)C(C)(C)C)[C@]3(C)CC[C@@H]12. The van der Waals surface area contributed by atoms with Crippen molar-refractivity contribution >= 4 is 14.1 Å². The van der Waals surface area contributed by atoms with Crippen LogP contribution in [0.25, 0.3) is 0 Å². The summed E-state index contributed by atoms with van der Waals surface area (Å²) >= 11 is 0. The molecule has 0 aromatic carbocycles. The highest BCUT2D eigenvalue weighted by Gasteiger charge is 2.59. The van der Waals surface area contributed by atoms with Crippen LogP contribution >= 0.6 is 0 Å². The Labute approximate surface area is 169 Å². The first kappa shape index (κ1) is 21.6. The topological polar surface area (TPSA) is 26.3 Å². The van der Waals surface area contributed by atoms with Gasteiger partial charge in [0, 0.05) is 12.8 Å². The maximum Gasteiger partial charge on any atom is 0.192 e. The fraction of sp³-hybridized carbons (Fsp3) is 0.958. The molecular formula is C24H44O2Si. The van der Waals surface area contributed by atoms with Crippen molar-refractivity contribution in [1.82, 2.24) is 0 Å². The van der Waals surface area contributed by atoms with Gasteiger partial charge in [0.1, 0.15) is 5.78 Å². The minimum atomic E-state index is -1.77. The van der Waals surface area contributed by atoms with Crippen LogP contribution < -0.4 is 0 Å². The molecule has 3 aliphatic carbocycles. The predicted octanol–water partition coefficient (Wildman–Crippen LogP) is 6.99. The number of fused-ring (bicyclic) bond motifs is 3. The van der Waals surface area contributed by atoms with Crippen LogP contribution in [0.1, 0.15) is 92.9 Å². The van der Waals surface area contributed by atoms with E-state index < -0.39 is 8.32 Å². The third-order valence-electron chi connectivity index (χ3n) is 9.55. The van der Waals surface area contributed by atoms with Gasteiger partial charge >= 0.3 is 0 Å². The van der Waals surface area contributed by atoms with Crippen LogP contribution in [0.4, 0.5) is 0 Å². The molecule has 0 aliphatic heterocycles. The van der Waals surface area contributed by atoms with Gasteiger partial charge in [-0.3, -0.25) is 4.79 Å². The number of carbonyl (C=O) groups excluding carboxylic acids is 1. The van der Waals surface area contributed by atoms with Crippen LogP contribution in [-0.2, 0) is 9.22 Å². The van der Waals surface area contributed by atoms with E-state index in [-0.39, 0.29) is 10.5 Å².